The van der Waals surface area contributed by atoms with Crippen LogP contribution in [-0.2, 0) is 16.0 Å². The van der Waals surface area contributed by atoms with E-state index in [0.29, 0.717) is 19.0 Å². The molecule has 0 bridgehead atoms. The minimum absolute atomic E-state index is 0.134. The molecule has 0 unspecified atom stereocenters. The van der Waals surface area contributed by atoms with Gasteiger partial charge in [0.1, 0.15) is 0 Å². The predicted molar refractivity (Wildman–Crippen MR) is 103 cm³/mol. The van der Waals surface area contributed by atoms with E-state index in [-0.39, 0.29) is 17.9 Å². The number of carbonyl (C=O) groups excluding carboxylic acids is 2. The molecule has 0 spiro atoms. The van der Waals surface area contributed by atoms with Crippen LogP contribution in [0.2, 0.25) is 0 Å². The van der Waals surface area contributed by atoms with Crippen LogP contribution in [0, 0.1) is 0 Å². The van der Waals surface area contributed by atoms with Gasteiger partial charge in [-0.05, 0) is 44.6 Å². The normalized spacial score (nSPS) is 18.5. The van der Waals surface area contributed by atoms with Gasteiger partial charge in [0.05, 0.1) is 6.54 Å². The highest BCUT2D eigenvalue weighted by Gasteiger charge is 2.32. The largest absolute Gasteiger partial charge is 0.353 e. The van der Waals surface area contributed by atoms with Crippen LogP contribution in [0.3, 0.4) is 0 Å². The topological polar surface area (TPSA) is 52.7 Å². The van der Waals surface area contributed by atoms with Crippen molar-refractivity contribution in [1.82, 2.24) is 15.1 Å². The zero-order valence-electron chi connectivity index (χ0n) is 15.8. The lowest BCUT2D eigenvalue weighted by molar-refractivity contribution is -0.133. The van der Waals surface area contributed by atoms with E-state index >= 15 is 0 Å². The Kier molecular flexibility index (Phi) is 6.67. The first kappa shape index (κ1) is 18.9. The Morgan fingerprint density at radius 2 is 1.81 bits per heavy atom. The Morgan fingerprint density at radius 1 is 1.12 bits per heavy atom. The van der Waals surface area contributed by atoms with E-state index in [2.05, 4.69) is 29.3 Å². The fourth-order valence-electron chi connectivity index (χ4n) is 3.74. The van der Waals surface area contributed by atoms with Crippen molar-refractivity contribution < 1.29 is 9.59 Å². The quantitative estimate of drug-likeness (QED) is 0.776. The van der Waals surface area contributed by atoms with E-state index in [0.717, 1.165) is 51.7 Å². The molecule has 2 amide bonds. The van der Waals surface area contributed by atoms with E-state index in [1.807, 2.05) is 23.1 Å². The molecule has 1 aromatic carbocycles. The van der Waals surface area contributed by atoms with E-state index in [9.17, 15) is 9.59 Å². The van der Waals surface area contributed by atoms with Crippen LogP contribution in [0.4, 0.5) is 0 Å². The van der Waals surface area contributed by atoms with E-state index in [1.54, 1.807) is 0 Å². The van der Waals surface area contributed by atoms with E-state index < -0.39 is 0 Å². The standard InChI is InChI=1S/C21H31N3O2/c1-2-24(19-9-10-19)21(26)16-23-14-12-18(13-15-23)22-20(25)11-8-17-6-4-3-5-7-17/h3-7,18-19H,2,8-16H2,1H3,(H,22,25). The number of benzene rings is 1. The molecule has 1 saturated heterocycles. The SMILES string of the molecule is CCN(C(=O)CN1CCC(NC(=O)CCc2ccccc2)CC1)C1CC1. The Labute approximate surface area is 156 Å². The lowest BCUT2D eigenvalue weighted by Crippen LogP contribution is -2.48. The van der Waals surface area contributed by atoms with Crippen molar-refractivity contribution in [3.63, 3.8) is 0 Å². The minimum Gasteiger partial charge on any atom is -0.353 e. The number of rotatable bonds is 8. The maximum Gasteiger partial charge on any atom is 0.236 e. The summed E-state index contributed by atoms with van der Waals surface area (Å²) in [6.07, 6.45) is 5.51. The number of hydrogen-bond acceptors (Lipinski definition) is 3. The number of likely N-dealkylation sites (N-methyl/N-ethyl adjacent to an activating group) is 1. The summed E-state index contributed by atoms with van der Waals surface area (Å²) in [6, 6.07) is 10.9. The van der Waals surface area contributed by atoms with Crippen LogP contribution in [0.15, 0.2) is 30.3 Å². The number of piperidine rings is 1. The summed E-state index contributed by atoms with van der Waals surface area (Å²) >= 11 is 0. The molecule has 3 rings (SSSR count). The van der Waals surface area contributed by atoms with Crippen LogP contribution < -0.4 is 5.32 Å². The van der Waals surface area contributed by atoms with Crippen molar-refractivity contribution in [3.8, 4) is 0 Å². The Bertz CT molecular complexity index is 593. The van der Waals surface area contributed by atoms with Gasteiger partial charge in [-0.15, -0.1) is 0 Å². The van der Waals surface area contributed by atoms with Gasteiger partial charge in [0.15, 0.2) is 0 Å². The second-order valence-corrected chi connectivity index (χ2v) is 7.51. The highest BCUT2D eigenvalue weighted by Crippen LogP contribution is 2.26. The molecule has 1 N–H and O–H groups in total. The molecule has 0 atom stereocenters. The first-order valence-electron chi connectivity index (χ1n) is 10.0. The number of nitrogens with zero attached hydrogens (tertiary/aromatic N) is 2. The van der Waals surface area contributed by atoms with Gasteiger partial charge in [-0.1, -0.05) is 30.3 Å². The average Bonchev–Trinajstić information content (AvgIpc) is 3.48. The van der Waals surface area contributed by atoms with Gasteiger partial charge in [-0.25, -0.2) is 0 Å². The summed E-state index contributed by atoms with van der Waals surface area (Å²) in [5.74, 6) is 0.398. The lowest BCUT2D eigenvalue weighted by Gasteiger charge is -2.33. The van der Waals surface area contributed by atoms with Gasteiger partial charge < -0.3 is 10.2 Å². The molecular weight excluding hydrogens is 326 g/mol. The van der Waals surface area contributed by atoms with Crippen LogP contribution in [0.1, 0.15) is 44.6 Å². The molecule has 1 aliphatic heterocycles. The number of likely N-dealkylation sites (tertiary alicyclic amines) is 1. The summed E-state index contributed by atoms with van der Waals surface area (Å²) in [6.45, 7) is 5.18. The highest BCUT2D eigenvalue weighted by molar-refractivity contribution is 5.79. The smallest absolute Gasteiger partial charge is 0.236 e. The maximum absolute atomic E-state index is 12.4. The zero-order valence-corrected chi connectivity index (χ0v) is 15.8. The van der Waals surface area contributed by atoms with Crippen LogP contribution >= 0.6 is 0 Å². The number of aryl methyl sites for hydroxylation is 1. The fourth-order valence-corrected chi connectivity index (χ4v) is 3.74. The number of hydrogen-bond donors (Lipinski definition) is 1. The van der Waals surface area contributed by atoms with Gasteiger partial charge in [-0.2, -0.15) is 0 Å². The fraction of sp³-hybridized carbons (Fsp3) is 0.619. The van der Waals surface area contributed by atoms with Gasteiger partial charge in [0, 0.05) is 38.1 Å². The molecular formula is C21H31N3O2. The maximum atomic E-state index is 12.4. The Balaban J connectivity index is 1.34. The van der Waals surface area contributed by atoms with Gasteiger partial charge in [0.25, 0.3) is 0 Å². The molecule has 2 aliphatic rings. The third-order valence-electron chi connectivity index (χ3n) is 5.44. The minimum atomic E-state index is 0.134. The van der Waals surface area contributed by atoms with Gasteiger partial charge >= 0.3 is 0 Å². The summed E-state index contributed by atoms with van der Waals surface area (Å²) in [4.78, 5) is 28.8. The van der Waals surface area contributed by atoms with Crippen molar-refractivity contribution in [3.05, 3.63) is 35.9 Å². The Morgan fingerprint density at radius 3 is 2.42 bits per heavy atom. The van der Waals surface area contributed by atoms with E-state index in [1.165, 1.54) is 5.56 Å². The molecule has 1 aromatic rings. The van der Waals surface area contributed by atoms with Crippen molar-refractivity contribution >= 4 is 11.8 Å². The molecule has 26 heavy (non-hydrogen) atoms. The predicted octanol–water partition coefficient (Wildman–Crippen LogP) is 2.21. The second-order valence-electron chi connectivity index (χ2n) is 7.51. The van der Waals surface area contributed by atoms with Crippen molar-refractivity contribution in [2.24, 2.45) is 0 Å². The Hall–Kier alpha value is -1.88. The van der Waals surface area contributed by atoms with E-state index in [4.69, 9.17) is 0 Å². The molecule has 2 fully saturated rings. The molecule has 5 heteroatoms. The summed E-state index contributed by atoms with van der Waals surface area (Å²) in [7, 11) is 0. The first-order chi connectivity index (χ1) is 12.7. The lowest BCUT2D eigenvalue weighted by atomic mass is 10.0. The molecule has 0 radical (unpaired) electrons. The van der Waals surface area contributed by atoms with Gasteiger partial charge in [0.2, 0.25) is 11.8 Å². The molecule has 1 aliphatic carbocycles. The second kappa shape index (κ2) is 9.17. The highest BCUT2D eigenvalue weighted by atomic mass is 16.2. The zero-order chi connectivity index (χ0) is 18.4. The molecule has 1 heterocycles. The van der Waals surface area contributed by atoms with Gasteiger partial charge in [-0.3, -0.25) is 14.5 Å². The third-order valence-corrected chi connectivity index (χ3v) is 5.44. The number of amides is 2. The summed E-state index contributed by atoms with van der Waals surface area (Å²) < 4.78 is 0. The monoisotopic (exact) mass is 357 g/mol. The number of carbonyl (C=O) groups is 2. The number of nitrogens with one attached hydrogen (secondary N) is 1. The van der Waals surface area contributed by atoms with Crippen molar-refractivity contribution in [2.75, 3.05) is 26.2 Å². The summed E-state index contributed by atoms with van der Waals surface area (Å²) in [5.41, 5.74) is 1.20. The van der Waals surface area contributed by atoms with Crippen LogP contribution in [0.5, 0.6) is 0 Å². The van der Waals surface area contributed by atoms with Crippen molar-refractivity contribution in [1.29, 1.82) is 0 Å². The summed E-state index contributed by atoms with van der Waals surface area (Å²) in [5, 5.41) is 3.16. The average molecular weight is 357 g/mol. The van der Waals surface area contributed by atoms with Crippen LogP contribution in [0.25, 0.3) is 0 Å². The molecule has 5 nitrogen and oxygen atoms in total. The van der Waals surface area contributed by atoms with Crippen molar-refractivity contribution in [2.45, 2.75) is 57.5 Å². The van der Waals surface area contributed by atoms with Crippen LogP contribution in [-0.4, -0.2) is 59.9 Å². The third kappa shape index (κ3) is 5.56. The molecule has 142 valence electrons. The first-order valence-corrected chi connectivity index (χ1v) is 10.0. The molecule has 1 saturated carbocycles. The molecule has 0 aromatic heterocycles.